The van der Waals surface area contributed by atoms with Gasteiger partial charge in [-0.05, 0) is 42.0 Å². The Labute approximate surface area is 163 Å². The number of aromatic nitrogens is 1. The van der Waals surface area contributed by atoms with Crippen LogP contribution in [0.2, 0.25) is 5.02 Å². The van der Waals surface area contributed by atoms with E-state index in [1.165, 1.54) is 5.56 Å². The lowest BCUT2D eigenvalue weighted by Gasteiger charge is -2.34. The Morgan fingerprint density at radius 2 is 1.81 bits per heavy atom. The van der Waals surface area contributed by atoms with Crippen LogP contribution in [0.1, 0.15) is 5.56 Å². The number of carbonyl (C=O) groups excluding carboxylic acids is 1. The summed E-state index contributed by atoms with van der Waals surface area (Å²) in [7, 11) is 0. The fourth-order valence-corrected chi connectivity index (χ4v) is 3.49. The minimum atomic E-state index is 0.0373. The van der Waals surface area contributed by atoms with Gasteiger partial charge in [0.05, 0.1) is 0 Å². The number of piperazine rings is 1. The molecule has 1 aliphatic rings. The number of hydrogen-bond donors (Lipinski definition) is 1. The molecule has 1 aromatic heterocycles. The lowest BCUT2D eigenvalue weighted by molar-refractivity contribution is -0.135. The lowest BCUT2D eigenvalue weighted by atomic mass is 10.2. The van der Waals surface area contributed by atoms with Crippen molar-refractivity contribution >= 4 is 28.4 Å². The second kappa shape index (κ2) is 8.03. The summed E-state index contributed by atoms with van der Waals surface area (Å²) in [6.45, 7) is 4.14. The number of nitrogens with zero attached hydrogens (tertiary/aromatic N) is 2. The highest BCUT2D eigenvalue weighted by molar-refractivity contribution is 6.30. The van der Waals surface area contributed by atoms with Gasteiger partial charge in [-0.15, -0.1) is 0 Å². The molecule has 0 unspecified atom stereocenters. The molecule has 1 amide bonds. The van der Waals surface area contributed by atoms with Crippen molar-refractivity contribution in [3.8, 4) is 5.75 Å². The number of ether oxygens (including phenoxy) is 1. The predicted molar refractivity (Wildman–Crippen MR) is 107 cm³/mol. The molecule has 0 saturated carbocycles. The summed E-state index contributed by atoms with van der Waals surface area (Å²) >= 11 is 5.93. The average Bonchev–Trinajstić information content (AvgIpc) is 3.16. The van der Waals surface area contributed by atoms with Gasteiger partial charge in [-0.2, -0.15) is 0 Å². The van der Waals surface area contributed by atoms with Crippen molar-refractivity contribution in [2.45, 2.75) is 6.54 Å². The van der Waals surface area contributed by atoms with Gasteiger partial charge in [0.25, 0.3) is 5.91 Å². The fraction of sp³-hybridized carbons (Fsp3) is 0.286. The molecule has 0 aliphatic carbocycles. The quantitative estimate of drug-likeness (QED) is 0.733. The van der Waals surface area contributed by atoms with E-state index < -0.39 is 0 Å². The second-order valence-electron chi connectivity index (χ2n) is 6.80. The van der Waals surface area contributed by atoms with Crippen molar-refractivity contribution in [2.24, 2.45) is 0 Å². The normalized spacial score (nSPS) is 15.2. The van der Waals surface area contributed by atoms with Crippen LogP contribution in [-0.4, -0.2) is 53.5 Å². The maximum atomic E-state index is 12.4. The second-order valence-corrected chi connectivity index (χ2v) is 7.24. The van der Waals surface area contributed by atoms with Crippen LogP contribution >= 0.6 is 11.6 Å². The summed E-state index contributed by atoms with van der Waals surface area (Å²) in [5, 5.41) is 1.83. The van der Waals surface area contributed by atoms with Gasteiger partial charge in [0.1, 0.15) is 5.75 Å². The smallest absolute Gasteiger partial charge is 0.260 e. The van der Waals surface area contributed by atoms with Crippen molar-refractivity contribution in [3.05, 3.63) is 65.3 Å². The third-order valence-corrected chi connectivity index (χ3v) is 5.18. The van der Waals surface area contributed by atoms with Crippen molar-refractivity contribution < 1.29 is 9.53 Å². The number of H-pyrrole nitrogens is 1. The summed E-state index contributed by atoms with van der Waals surface area (Å²) in [6, 6.07) is 15.7. The minimum Gasteiger partial charge on any atom is -0.484 e. The topological polar surface area (TPSA) is 48.6 Å². The molecular weight excluding hydrogens is 362 g/mol. The summed E-state index contributed by atoms with van der Waals surface area (Å²) in [4.78, 5) is 19.8. The molecule has 1 saturated heterocycles. The van der Waals surface area contributed by atoms with Crippen LogP contribution in [0.15, 0.2) is 54.7 Å². The standard InChI is InChI=1S/C21H22ClN3O2/c22-18-3-1-16(2-4-18)14-24-9-11-25(12-10-24)21(26)15-27-19-5-6-20-17(13-19)7-8-23-20/h1-8,13,23H,9-12,14-15H2. The SMILES string of the molecule is O=C(COc1ccc2[nH]ccc2c1)N1CCN(Cc2ccc(Cl)cc2)CC1. The molecule has 5 nitrogen and oxygen atoms in total. The van der Waals surface area contributed by atoms with Gasteiger partial charge in [-0.1, -0.05) is 23.7 Å². The average molecular weight is 384 g/mol. The van der Waals surface area contributed by atoms with Gasteiger partial charge < -0.3 is 14.6 Å². The van der Waals surface area contributed by atoms with Crippen molar-refractivity contribution in [1.29, 1.82) is 0 Å². The van der Waals surface area contributed by atoms with E-state index in [0.29, 0.717) is 0 Å². The summed E-state index contributed by atoms with van der Waals surface area (Å²) in [5.74, 6) is 0.757. The van der Waals surface area contributed by atoms with Crippen LogP contribution in [0, 0.1) is 0 Å². The Morgan fingerprint density at radius 1 is 1.04 bits per heavy atom. The third-order valence-electron chi connectivity index (χ3n) is 4.93. The molecule has 2 heterocycles. The third kappa shape index (κ3) is 4.43. The molecule has 0 atom stereocenters. The molecule has 1 N–H and O–H groups in total. The highest BCUT2D eigenvalue weighted by atomic mass is 35.5. The van der Waals surface area contributed by atoms with Crippen LogP contribution in [-0.2, 0) is 11.3 Å². The lowest BCUT2D eigenvalue weighted by Crippen LogP contribution is -2.49. The first kappa shape index (κ1) is 17.9. The fourth-order valence-electron chi connectivity index (χ4n) is 3.36. The molecule has 2 aromatic carbocycles. The molecule has 6 heteroatoms. The summed E-state index contributed by atoms with van der Waals surface area (Å²) in [6.07, 6.45) is 1.89. The molecular formula is C21H22ClN3O2. The predicted octanol–water partition coefficient (Wildman–Crippen LogP) is 3.54. The van der Waals surface area contributed by atoms with Gasteiger partial charge >= 0.3 is 0 Å². The van der Waals surface area contributed by atoms with Crippen molar-refractivity contribution in [2.75, 3.05) is 32.8 Å². The van der Waals surface area contributed by atoms with E-state index >= 15 is 0 Å². The molecule has 0 spiro atoms. The van der Waals surface area contributed by atoms with Crippen molar-refractivity contribution in [3.63, 3.8) is 0 Å². The molecule has 140 valence electrons. The van der Waals surface area contributed by atoms with Crippen LogP contribution in [0.25, 0.3) is 10.9 Å². The van der Waals surface area contributed by atoms with Gasteiger partial charge in [0.2, 0.25) is 0 Å². The zero-order valence-electron chi connectivity index (χ0n) is 15.0. The van der Waals surface area contributed by atoms with Crippen LogP contribution in [0.3, 0.4) is 0 Å². The first-order valence-corrected chi connectivity index (χ1v) is 9.50. The Morgan fingerprint density at radius 3 is 2.59 bits per heavy atom. The van der Waals surface area contributed by atoms with Crippen LogP contribution in [0.4, 0.5) is 0 Å². The molecule has 0 radical (unpaired) electrons. The van der Waals surface area contributed by atoms with E-state index in [1.54, 1.807) is 0 Å². The van der Waals surface area contributed by atoms with E-state index in [-0.39, 0.29) is 12.5 Å². The minimum absolute atomic E-state index is 0.0373. The number of hydrogen-bond acceptors (Lipinski definition) is 3. The van der Waals surface area contributed by atoms with E-state index in [1.807, 2.05) is 47.5 Å². The number of carbonyl (C=O) groups is 1. The molecule has 3 aromatic rings. The van der Waals surface area contributed by atoms with Gasteiger partial charge in [-0.25, -0.2) is 0 Å². The number of rotatable bonds is 5. The van der Waals surface area contributed by atoms with Gasteiger partial charge in [0, 0.05) is 54.8 Å². The van der Waals surface area contributed by atoms with Crippen LogP contribution in [0.5, 0.6) is 5.75 Å². The maximum absolute atomic E-state index is 12.4. The molecule has 1 aliphatic heterocycles. The van der Waals surface area contributed by atoms with Crippen molar-refractivity contribution in [1.82, 2.24) is 14.8 Å². The largest absolute Gasteiger partial charge is 0.484 e. The van der Waals surface area contributed by atoms with E-state index in [9.17, 15) is 4.79 Å². The Bertz CT molecular complexity index is 915. The number of aromatic amines is 1. The number of benzene rings is 2. The summed E-state index contributed by atoms with van der Waals surface area (Å²) in [5.41, 5.74) is 2.30. The molecule has 4 rings (SSSR count). The molecule has 27 heavy (non-hydrogen) atoms. The number of nitrogens with one attached hydrogen (secondary N) is 1. The molecule has 0 bridgehead atoms. The Hall–Kier alpha value is -2.50. The monoisotopic (exact) mass is 383 g/mol. The van der Waals surface area contributed by atoms with E-state index in [4.69, 9.17) is 16.3 Å². The zero-order chi connectivity index (χ0) is 18.6. The van der Waals surface area contributed by atoms with E-state index in [0.717, 1.165) is 54.4 Å². The van der Waals surface area contributed by atoms with E-state index in [2.05, 4.69) is 22.0 Å². The first-order valence-electron chi connectivity index (χ1n) is 9.12. The summed E-state index contributed by atoms with van der Waals surface area (Å²) < 4.78 is 5.70. The molecule has 1 fully saturated rings. The number of amides is 1. The maximum Gasteiger partial charge on any atom is 0.260 e. The Balaban J connectivity index is 1.25. The van der Waals surface area contributed by atoms with Gasteiger partial charge in [0.15, 0.2) is 6.61 Å². The van der Waals surface area contributed by atoms with Gasteiger partial charge in [-0.3, -0.25) is 9.69 Å². The number of fused-ring (bicyclic) bond motifs is 1. The zero-order valence-corrected chi connectivity index (χ0v) is 15.8. The van der Waals surface area contributed by atoms with Crippen LogP contribution < -0.4 is 4.74 Å². The Kier molecular flexibility index (Phi) is 5.32. The highest BCUT2D eigenvalue weighted by Gasteiger charge is 2.21. The first-order chi connectivity index (χ1) is 13.2. The highest BCUT2D eigenvalue weighted by Crippen LogP contribution is 2.20. The number of halogens is 1.